The summed E-state index contributed by atoms with van der Waals surface area (Å²) in [6, 6.07) is 0. The quantitative estimate of drug-likeness (QED) is 0.181. The Bertz CT molecular complexity index is 221. The first-order chi connectivity index (χ1) is 5.25. The monoisotopic (exact) mass is 154 g/mol. The van der Waals surface area contributed by atoms with Gasteiger partial charge >= 0.3 is 0 Å². The van der Waals surface area contributed by atoms with Crippen molar-refractivity contribution in [2.45, 2.75) is 6.10 Å². The highest BCUT2D eigenvalue weighted by molar-refractivity contribution is 5.85. The Morgan fingerprint density at radius 2 is 2.45 bits per heavy atom. The number of allylic oxidation sites excluding steroid dienone is 2. The molecular formula is C6H10N4O. The Hall–Kier alpha value is -1.49. The number of nitrogens with two attached hydrogens (primary N) is 2. The Balaban J connectivity index is 2.75. The van der Waals surface area contributed by atoms with Crippen LogP contribution in [-0.4, -0.2) is 11.9 Å². The molecule has 5 heteroatoms. The molecule has 0 saturated carbocycles. The topological polar surface area (TPSA) is 97.2 Å². The van der Waals surface area contributed by atoms with E-state index in [1.165, 1.54) is 6.26 Å². The van der Waals surface area contributed by atoms with E-state index in [1.807, 2.05) is 0 Å². The van der Waals surface area contributed by atoms with Crippen LogP contribution in [0.3, 0.4) is 0 Å². The second-order valence-corrected chi connectivity index (χ2v) is 2.07. The average Bonchev–Trinajstić information content (AvgIpc) is 2.04. The second kappa shape index (κ2) is 3.07. The maximum atomic E-state index is 7.11. The molecule has 1 unspecified atom stereocenters. The van der Waals surface area contributed by atoms with Crippen LogP contribution in [0.2, 0.25) is 0 Å². The third kappa shape index (κ3) is 1.50. The third-order valence-electron chi connectivity index (χ3n) is 1.30. The molecular weight excluding hydrogens is 144 g/mol. The van der Waals surface area contributed by atoms with Crippen molar-refractivity contribution in [3.63, 3.8) is 0 Å². The summed E-state index contributed by atoms with van der Waals surface area (Å²) in [5, 5.41) is 7.11. The fourth-order valence-electron chi connectivity index (χ4n) is 0.792. The molecule has 1 aliphatic heterocycles. The van der Waals surface area contributed by atoms with Gasteiger partial charge in [0.1, 0.15) is 5.84 Å². The highest BCUT2D eigenvalue weighted by Gasteiger charge is 2.18. The summed E-state index contributed by atoms with van der Waals surface area (Å²) in [5.74, 6) is 5.08. The van der Waals surface area contributed by atoms with Crippen LogP contribution >= 0.6 is 0 Å². The van der Waals surface area contributed by atoms with Crippen molar-refractivity contribution in [3.05, 3.63) is 24.1 Å². The zero-order valence-electron chi connectivity index (χ0n) is 5.87. The molecule has 0 aromatic heterocycles. The Labute approximate surface area is 64.2 Å². The lowest BCUT2D eigenvalue weighted by molar-refractivity contribution is 0.219. The summed E-state index contributed by atoms with van der Waals surface area (Å²) >= 11 is 0. The van der Waals surface area contributed by atoms with Crippen molar-refractivity contribution in [2.24, 2.45) is 11.6 Å². The molecule has 60 valence electrons. The highest BCUT2D eigenvalue weighted by Crippen LogP contribution is 2.08. The summed E-state index contributed by atoms with van der Waals surface area (Å²) in [4.78, 5) is 0. The predicted molar refractivity (Wildman–Crippen MR) is 41.3 cm³/mol. The van der Waals surface area contributed by atoms with Crippen LogP contribution in [0.15, 0.2) is 24.1 Å². The largest absolute Gasteiger partial charge is 0.484 e. The zero-order valence-corrected chi connectivity index (χ0v) is 5.87. The van der Waals surface area contributed by atoms with Crippen LogP contribution in [0.4, 0.5) is 0 Å². The fraction of sp³-hybridized carbons (Fsp3) is 0.167. The van der Waals surface area contributed by atoms with Crippen molar-refractivity contribution in [3.8, 4) is 0 Å². The zero-order chi connectivity index (χ0) is 8.27. The van der Waals surface area contributed by atoms with E-state index in [2.05, 4.69) is 5.43 Å². The van der Waals surface area contributed by atoms with Crippen molar-refractivity contribution in [2.75, 3.05) is 0 Å². The summed E-state index contributed by atoms with van der Waals surface area (Å²) in [5.41, 5.74) is 8.20. The van der Waals surface area contributed by atoms with Gasteiger partial charge < -0.3 is 15.9 Å². The van der Waals surface area contributed by atoms with Gasteiger partial charge in [0.15, 0.2) is 6.10 Å². The summed E-state index contributed by atoms with van der Waals surface area (Å²) in [6.07, 6.45) is 4.28. The molecule has 1 atom stereocenters. The molecule has 0 fully saturated rings. The summed E-state index contributed by atoms with van der Waals surface area (Å²) in [6.45, 7) is 0. The van der Waals surface area contributed by atoms with Gasteiger partial charge in [0.25, 0.3) is 0 Å². The van der Waals surface area contributed by atoms with E-state index in [-0.39, 0.29) is 5.84 Å². The van der Waals surface area contributed by atoms with E-state index >= 15 is 0 Å². The molecule has 0 aromatic rings. The Kier molecular flexibility index (Phi) is 2.12. The first-order valence-electron chi connectivity index (χ1n) is 3.08. The number of nitrogens with one attached hydrogen (secondary N) is 2. The molecule has 11 heavy (non-hydrogen) atoms. The van der Waals surface area contributed by atoms with Crippen LogP contribution < -0.4 is 17.0 Å². The number of hydrogen-bond acceptors (Lipinski definition) is 4. The van der Waals surface area contributed by atoms with Crippen LogP contribution in [0.5, 0.6) is 0 Å². The van der Waals surface area contributed by atoms with Crippen LogP contribution in [0.25, 0.3) is 0 Å². The van der Waals surface area contributed by atoms with Gasteiger partial charge in [0.2, 0.25) is 0 Å². The van der Waals surface area contributed by atoms with Crippen LogP contribution in [0, 0.1) is 5.41 Å². The van der Waals surface area contributed by atoms with Gasteiger partial charge in [-0.2, -0.15) is 0 Å². The molecule has 0 aromatic carbocycles. The third-order valence-corrected chi connectivity index (χ3v) is 1.30. The first kappa shape index (κ1) is 7.62. The second-order valence-electron chi connectivity index (χ2n) is 2.07. The van der Waals surface area contributed by atoms with Crippen molar-refractivity contribution < 1.29 is 4.74 Å². The molecule has 1 heterocycles. The average molecular weight is 154 g/mol. The van der Waals surface area contributed by atoms with E-state index in [0.717, 1.165) is 0 Å². The molecule has 1 rings (SSSR count). The molecule has 0 amide bonds. The maximum absolute atomic E-state index is 7.11. The van der Waals surface area contributed by atoms with Crippen molar-refractivity contribution >= 4 is 5.84 Å². The standard InChI is InChI=1S/C6H10N4O/c7-6(8)5-4(10-9)2-1-3-11-5/h1-3,5,10H,9H2,(H3,7,8). The van der Waals surface area contributed by atoms with Crippen LogP contribution in [-0.2, 0) is 4.74 Å². The van der Waals surface area contributed by atoms with Gasteiger partial charge in [-0.25, -0.2) is 0 Å². The molecule has 0 saturated heterocycles. The lowest BCUT2D eigenvalue weighted by Crippen LogP contribution is -2.39. The Morgan fingerprint density at radius 1 is 1.73 bits per heavy atom. The van der Waals surface area contributed by atoms with Gasteiger partial charge in [0.05, 0.1) is 12.0 Å². The molecule has 0 aliphatic carbocycles. The van der Waals surface area contributed by atoms with Crippen LogP contribution in [0.1, 0.15) is 0 Å². The highest BCUT2D eigenvalue weighted by atomic mass is 16.5. The minimum absolute atomic E-state index is 0.0708. The van der Waals surface area contributed by atoms with Crippen molar-refractivity contribution in [1.82, 2.24) is 5.43 Å². The molecule has 0 spiro atoms. The van der Waals surface area contributed by atoms with Gasteiger partial charge in [-0.05, 0) is 12.2 Å². The lowest BCUT2D eigenvalue weighted by atomic mass is 10.2. The van der Waals surface area contributed by atoms with Crippen molar-refractivity contribution in [1.29, 1.82) is 5.41 Å². The fourth-order valence-corrected chi connectivity index (χ4v) is 0.792. The molecule has 0 bridgehead atoms. The van der Waals surface area contributed by atoms with Gasteiger partial charge in [-0.3, -0.25) is 11.3 Å². The molecule has 5 nitrogen and oxygen atoms in total. The predicted octanol–water partition coefficient (Wildman–Crippen LogP) is -0.818. The number of rotatable bonds is 2. The number of ether oxygens (including phenoxy) is 1. The smallest absolute Gasteiger partial charge is 0.194 e. The number of hydrazine groups is 1. The van der Waals surface area contributed by atoms with E-state index in [4.69, 9.17) is 21.7 Å². The van der Waals surface area contributed by atoms with Gasteiger partial charge in [-0.1, -0.05) is 0 Å². The summed E-state index contributed by atoms with van der Waals surface area (Å²) < 4.78 is 5.00. The number of hydrogen-bond donors (Lipinski definition) is 4. The Morgan fingerprint density at radius 3 is 2.91 bits per heavy atom. The van der Waals surface area contributed by atoms with E-state index in [1.54, 1.807) is 12.2 Å². The van der Waals surface area contributed by atoms with Gasteiger partial charge in [0, 0.05) is 0 Å². The minimum atomic E-state index is -0.565. The lowest BCUT2D eigenvalue weighted by Gasteiger charge is -2.20. The normalized spacial score (nSPS) is 21.9. The molecule has 6 N–H and O–H groups in total. The maximum Gasteiger partial charge on any atom is 0.194 e. The molecule has 1 aliphatic rings. The minimum Gasteiger partial charge on any atom is -0.484 e. The van der Waals surface area contributed by atoms with Gasteiger partial charge in [-0.15, -0.1) is 0 Å². The SMILES string of the molecule is N=C(N)C1OC=CC=C1NN. The summed E-state index contributed by atoms with van der Waals surface area (Å²) in [7, 11) is 0. The van der Waals surface area contributed by atoms with E-state index in [9.17, 15) is 0 Å². The van der Waals surface area contributed by atoms with E-state index in [0.29, 0.717) is 5.70 Å². The van der Waals surface area contributed by atoms with E-state index < -0.39 is 6.10 Å². The first-order valence-corrected chi connectivity index (χ1v) is 3.08. The molecule has 0 radical (unpaired) electrons. The number of amidine groups is 1.